The van der Waals surface area contributed by atoms with E-state index in [1.807, 2.05) is 6.92 Å². The normalized spacial score (nSPS) is 25.7. The van der Waals surface area contributed by atoms with Gasteiger partial charge in [-0.15, -0.1) is 0 Å². The van der Waals surface area contributed by atoms with E-state index in [9.17, 15) is 4.79 Å². The molecule has 0 aromatic carbocycles. The lowest BCUT2D eigenvalue weighted by Gasteiger charge is -2.27. The molecule has 27 heavy (non-hydrogen) atoms. The van der Waals surface area contributed by atoms with E-state index in [0.29, 0.717) is 18.3 Å². The molecule has 2 aliphatic rings. The summed E-state index contributed by atoms with van der Waals surface area (Å²) < 4.78 is 1.63. The van der Waals surface area contributed by atoms with Gasteiger partial charge in [0, 0.05) is 24.0 Å². The number of hydrogen-bond acceptors (Lipinski definition) is 7. The van der Waals surface area contributed by atoms with Crippen molar-refractivity contribution in [2.75, 3.05) is 17.2 Å². The summed E-state index contributed by atoms with van der Waals surface area (Å²) in [6.45, 7) is 2.37. The first-order valence-corrected chi connectivity index (χ1v) is 9.03. The van der Waals surface area contributed by atoms with E-state index >= 15 is 0 Å². The monoisotopic (exact) mass is 369 g/mol. The van der Waals surface area contributed by atoms with Crippen LogP contribution in [0.1, 0.15) is 12.0 Å². The molecule has 4 rings (SSSR count). The number of rotatable bonds is 7. The van der Waals surface area contributed by atoms with Crippen molar-refractivity contribution >= 4 is 23.4 Å². The fourth-order valence-electron chi connectivity index (χ4n) is 4.00. The van der Waals surface area contributed by atoms with Gasteiger partial charge in [-0.3, -0.25) is 9.48 Å². The third-order valence-corrected chi connectivity index (χ3v) is 5.28. The Hall–Kier alpha value is -2.94. The van der Waals surface area contributed by atoms with Crippen LogP contribution in [0.15, 0.2) is 30.7 Å². The van der Waals surface area contributed by atoms with Gasteiger partial charge in [-0.25, -0.2) is 4.98 Å². The third-order valence-electron chi connectivity index (χ3n) is 5.28. The Bertz CT molecular complexity index is 878. The topological polar surface area (TPSA) is 131 Å². The summed E-state index contributed by atoms with van der Waals surface area (Å²) >= 11 is 0. The molecule has 9 heteroatoms. The van der Waals surface area contributed by atoms with Crippen LogP contribution in [0.4, 0.5) is 17.5 Å². The van der Waals surface area contributed by atoms with Crippen LogP contribution in [-0.4, -0.2) is 43.4 Å². The molecule has 2 aromatic heterocycles. The largest absolute Gasteiger partial charge is 0.394 e. The third kappa shape index (κ3) is 3.37. The fraction of sp³-hybridized carbons (Fsp3) is 0.444. The second kappa shape index (κ2) is 6.99. The van der Waals surface area contributed by atoms with Crippen molar-refractivity contribution in [3.63, 3.8) is 0 Å². The van der Waals surface area contributed by atoms with E-state index in [0.717, 1.165) is 17.7 Å². The number of aliphatic hydroxyl groups excluding tert-OH is 1. The van der Waals surface area contributed by atoms with Gasteiger partial charge in [0.15, 0.2) is 0 Å². The quantitative estimate of drug-likeness (QED) is 0.531. The maximum Gasteiger partial charge on any atom is 0.229 e. The first kappa shape index (κ1) is 17.5. The van der Waals surface area contributed by atoms with Crippen LogP contribution in [0.5, 0.6) is 0 Å². The van der Waals surface area contributed by atoms with Crippen molar-refractivity contribution in [3.8, 4) is 0 Å². The SMILES string of the molecule is Cc1cnc(Nc2cnn(CCO)c2)nc1N[C@H]1[C@@H](C(N)=O)[C@H]2C=C[C@H]1C2. The Morgan fingerprint density at radius 3 is 2.96 bits per heavy atom. The minimum Gasteiger partial charge on any atom is -0.394 e. The molecule has 0 aliphatic heterocycles. The molecular weight excluding hydrogens is 346 g/mol. The predicted molar refractivity (Wildman–Crippen MR) is 100 cm³/mol. The highest BCUT2D eigenvalue weighted by atomic mass is 16.3. The molecule has 1 saturated carbocycles. The molecule has 2 heterocycles. The van der Waals surface area contributed by atoms with E-state index < -0.39 is 0 Å². The molecule has 4 atom stereocenters. The lowest BCUT2D eigenvalue weighted by molar-refractivity contribution is -0.122. The van der Waals surface area contributed by atoms with Crippen LogP contribution in [-0.2, 0) is 11.3 Å². The van der Waals surface area contributed by atoms with E-state index in [1.165, 1.54) is 0 Å². The highest BCUT2D eigenvalue weighted by molar-refractivity contribution is 5.79. The molecule has 0 unspecified atom stereocenters. The zero-order valence-corrected chi connectivity index (χ0v) is 15.0. The highest BCUT2D eigenvalue weighted by Crippen LogP contribution is 2.44. The zero-order chi connectivity index (χ0) is 19.0. The van der Waals surface area contributed by atoms with Crippen molar-refractivity contribution in [1.82, 2.24) is 19.7 Å². The van der Waals surface area contributed by atoms with Gasteiger partial charge in [0.05, 0.1) is 31.0 Å². The number of anilines is 3. The summed E-state index contributed by atoms with van der Waals surface area (Å²) in [5.41, 5.74) is 7.27. The van der Waals surface area contributed by atoms with Gasteiger partial charge in [0.25, 0.3) is 0 Å². The summed E-state index contributed by atoms with van der Waals surface area (Å²) in [6.07, 6.45) is 10.4. The number of aryl methyl sites for hydroxylation is 1. The van der Waals surface area contributed by atoms with E-state index in [2.05, 4.69) is 37.9 Å². The second-order valence-electron chi connectivity index (χ2n) is 7.11. The number of hydrogen-bond donors (Lipinski definition) is 4. The average Bonchev–Trinajstić information content (AvgIpc) is 3.34. The number of carbonyl (C=O) groups excluding carboxylic acids is 1. The van der Waals surface area contributed by atoms with E-state index in [1.54, 1.807) is 23.3 Å². The number of allylic oxidation sites excluding steroid dienone is 1. The molecule has 2 aliphatic carbocycles. The standard InChI is InChI=1S/C18H23N7O2/c1-10-7-20-18(22-13-8-21-25(9-13)4-5-26)24-17(10)23-15-12-3-2-11(6-12)14(15)16(19)27/h2-3,7-9,11-12,14-15,26H,4-6H2,1H3,(H2,19,27)(H2,20,22,23,24)/t11-,12-,14-,15+/m0/s1. The molecule has 2 bridgehead atoms. The minimum absolute atomic E-state index is 0.0231. The number of aromatic nitrogens is 4. The fourth-order valence-corrected chi connectivity index (χ4v) is 4.00. The number of nitrogens with two attached hydrogens (primary N) is 1. The summed E-state index contributed by atoms with van der Waals surface area (Å²) in [4.78, 5) is 20.8. The van der Waals surface area contributed by atoms with Crippen molar-refractivity contribution in [1.29, 1.82) is 0 Å². The van der Waals surface area contributed by atoms with Gasteiger partial charge in [0.1, 0.15) is 5.82 Å². The lowest BCUT2D eigenvalue weighted by atomic mass is 9.88. The number of nitrogens with one attached hydrogen (secondary N) is 2. The Kier molecular flexibility index (Phi) is 4.53. The summed E-state index contributed by atoms with van der Waals surface area (Å²) in [6, 6.07) is -0.0498. The van der Waals surface area contributed by atoms with E-state index in [4.69, 9.17) is 10.8 Å². The van der Waals surface area contributed by atoms with Crippen molar-refractivity contribution < 1.29 is 9.90 Å². The van der Waals surface area contributed by atoms with Gasteiger partial charge in [-0.05, 0) is 25.2 Å². The van der Waals surface area contributed by atoms with Gasteiger partial charge in [0.2, 0.25) is 11.9 Å². The first-order valence-electron chi connectivity index (χ1n) is 9.03. The smallest absolute Gasteiger partial charge is 0.229 e. The molecule has 0 spiro atoms. The molecule has 1 fully saturated rings. The van der Waals surface area contributed by atoms with Crippen molar-refractivity contribution in [2.24, 2.45) is 23.5 Å². The maximum atomic E-state index is 11.9. The Morgan fingerprint density at radius 2 is 2.19 bits per heavy atom. The molecule has 1 amide bonds. The summed E-state index contributed by atoms with van der Waals surface area (Å²) in [7, 11) is 0. The number of aliphatic hydroxyl groups is 1. The molecular formula is C18H23N7O2. The number of amides is 1. The summed E-state index contributed by atoms with van der Waals surface area (Å²) in [5.74, 6) is 1.12. The van der Waals surface area contributed by atoms with Crippen molar-refractivity contribution in [3.05, 3.63) is 36.3 Å². The molecule has 5 N–H and O–H groups in total. The maximum absolute atomic E-state index is 11.9. The predicted octanol–water partition coefficient (Wildman–Crippen LogP) is 0.805. The second-order valence-corrected chi connectivity index (χ2v) is 7.11. The van der Waals surface area contributed by atoms with Crippen LogP contribution < -0.4 is 16.4 Å². The van der Waals surface area contributed by atoms with Crippen LogP contribution in [0.25, 0.3) is 0 Å². The number of carbonyl (C=O) groups is 1. The molecule has 9 nitrogen and oxygen atoms in total. The minimum atomic E-state index is -0.272. The number of nitrogens with zero attached hydrogens (tertiary/aromatic N) is 4. The first-order chi connectivity index (χ1) is 13.0. The zero-order valence-electron chi connectivity index (χ0n) is 15.0. The molecule has 0 radical (unpaired) electrons. The number of primary amides is 1. The van der Waals surface area contributed by atoms with Crippen LogP contribution in [0, 0.1) is 24.7 Å². The van der Waals surface area contributed by atoms with Gasteiger partial charge < -0.3 is 21.5 Å². The Labute approximate surface area is 156 Å². The van der Waals surface area contributed by atoms with Gasteiger partial charge >= 0.3 is 0 Å². The van der Waals surface area contributed by atoms with Crippen LogP contribution >= 0.6 is 0 Å². The van der Waals surface area contributed by atoms with Gasteiger partial charge in [-0.1, -0.05) is 12.2 Å². The van der Waals surface area contributed by atoms with Crippen LogP contribution in [0.3, 0.4) is 0 Å². The lowest BCUT2D eigenvalue weighted by Crippen LogP contribution is -2.41. The summed E-state index contributed by atoms with van der Waals surface area (Å²) in [5, 5.41) is 19.7. The molecule has 2 aromatic rings. The number of fused-ring (bicyclic) bond motifs is 2. The van der Waals surface area contributed by atoms with E-state index in [-0.39, 0.29) is 36.3 Å². The van der Waals surface area contributed by atoms with Crippen molar-refractivity contribution in [2.45, 2.75) is 25.9 Å². The highest BCUT2D eigenvalue weighted by Gasteiger charge is 2.47. The molecule has 0 saturated heterocycles. The average molecular weight is 369 g/mol. The van der Waals surface area contributed by atoms with Crippen LogP contribution in [0.2, 0.25) is 0 Å². The Morgan fingerprint density at radius 1 is 1.37 bits per heavy atom. The molecule has 142 valence electrons. The Balaban J connectivity index is 1.52. The van der Waals surface area contributed by atoms with Gasteiger partial charge in [-0.2, -0.15) is 10.1 Å².